The van der Waals surface area contributed by atoms with Gasteiger partial charge >= 0.3 is 0 Å². The van der Waals surface area contributed by atoms with Crippen molar-refractivity contribution in [2.45, 2.75) is 39.8 Å². The van der Waals surface area contributed by atoms with E-state index in [0.29, 0.717) is 19.0 Å². The molecule has 1 saturated heterocycles. The Morgan fingerprint density at radius 1 is 1.38 bits per heavy atom. The number of pyridine rings is 1. The maximum atomic E-state index is 13.0. The van der Waals surface area contributed by atoms with Gasteiger partial charge in [0.2, 0.25) is 0 Å². The number of hydrogen-bond donors (Lipinski definition) is 1. The maximum Gasteiger partial charge on any atom is 0.255 e. The van der Waals surface area contributed by atoms with E-state index in [1.54, 1.807) is 6.20 Å². The fraction of sp³-hybridized carbons (Fsp3) is 0.474. The number of rotatable bonds is 4. The molecule has 128 valence electrons. The number of aryl methyl sites for hydroxylation is 1. The molecule has 24 heavy (non-hydrogen) atoms. The highest BCUT2D eigenvalue weighted by molar-refractivity contribution is 5.96. The Hall–Kier alpha value is -2.14. The molecule has 0 saturated carbocycles. The van der Waals surface area contributed by atoms with Crippen LogP contribution in [0.15, 0.2) is 30.5 Å². The topological polar surface area (TPSA) is 64.2 Å². The first-order chi connectivity index (χ1) is 11.5. The first kappa shape index (κ1) is 16.7. The summed E-state index contributed by atoms with van der Waals surface area (Å²) in [4.78, 5) is 19.4. The van der Waals surface area contributed by atoms with Crippen molar-refractivity contribution in [1.82, 2.24) is 14.5 Å². The summed E-state index contributed by atoms with van der Waals surface area (Å²) in [6, 6.07) is 8.17. The lowest BCUT2D eigenvalue weighted by Gasteiger charge is -2.21. The summed E-state index contributed by atoms with van der Waals surface area (Å²) in [5, 5.41) is 0. The van der Waals surface area contributed by atoms with Crippen LogP contribution < -0.4 is 5.73 Å². The zero-order valence-corrected chi connectivity index (χ0v) is 14.7. The van der Waals surface area contributed by atoms with Gasteiger partial charge in [-0.2, -0.15) is 0 Å². The van der Waals surface area contributed by atoms with E-state index in [2.05, 4.69) is 16.5 Å². The van der Waals surface area contributed by atoms with Crippen molar-refractivity contribution in [3.63, 3.8) is 0 Å². The molecule has 1 aliphatic heterocycles. The van der Waals surface area contributed by atoms with Gasteiger partial charge in [-0.3, -0.25) is 9.78 Å². The number of nitrogens with zero attached hydrogens (tertiary/aromatic N) is 3. The lowest BCUT2D eigenvalue weighted by Crippen LogP contribution is -2.34. The molecule has 2 N–H and O–H groups in total. The SMILES string of the molecule is Cc1cc(C(=O)N2CC(CN)CC2C)c(C)n1Cc1ccccn1. The van der Waals surface area contributed by atoms with Crippen LogP contribution in [0.3, 0.4) is 0 Å². The molecule has 1 fully saturated rings. The Kier molecular flexibility index (Phi) is 4.71. The monoisotopic (exact) mass is 326 g/mol. The molecule has 3 heterocycles. The summed E-state index contributed by atoms with van der Waals surface area (Å²) < 4.78 is 2.16. The fourth-order valence-corrected chi connectivity index (χ4v) is 3.67. The molecule has 3 rings (SSSR count). The largest absolute Gasteiger partial charge is 0.342 e. The van der Waals surface area contributed by atoms with E-state index < -0.39 is 0 Å². The summed E-state index contributed by atoms with van der Waals surface area (Å²) in [6.45, 7) is 8.27. The van der Waals surface area contributed by atoms with Crippen molar-refractivity contribution < 1.29 is 4.79 Å². The fourth-order valence-electron chi connectivity index (χ4n) is 3.67. The first-order valence-corrected chi connectivity index (χ1v) is 8.59. The van der Waals surface area contributed by atoms with E-state index >= 15 is 0 Å². The minimum absolute atomic E-state index is 0.124. The third kappa shape index (κ3) is 3.08. The summed E-state index contributed by atoms with van der Waals surface area (Å²) in [6.07, 6.45) is 2.79. The van der Waals surface area contributed by atoms with Crippen LogP contribution in [-0.4, -0.2) is 39.5 Å². The third-order valence-corrected chi connectivity index (χ3v) is 5.11. The zero-order valence-electron chi connectivity index (χ0n) is 14.7. The maximum absolute atomic E-state index is 13.0. The normalized spacial score (nSPS) is 20.6. The molecule has 1 aliphatic rings. The molecule has 0 aromatic carbocycles. The number of carbonyl (C=O) groups excluding carboxylic acids is 1. The van der Waals surface area contributed by atoms with Crippen molar-refractivity contribution in [3.8, 4) is 0 Å². The van der Waals surface area contributed by atoms with Crippen molar-refractivity contribution in [2.75, 3.05) is 13.1 Å². The Bertz CT molecular complexity index is 722. The van der Waals surface area contributed by atoms with Gasteiger partial charge in [0.05, 0.1) is 17.8 Å². The predicted octanol–water partition coefficient (Wildman–Crippen LogP) is 2.36. The second kappa shape index (κ2) is 6.77. The number of likely N-dealkylation sites (tertiary alicyclic amines) is 1. The van der Waals surface area contributed by atoms with Gasteiger partial charge in [0.1, 0.15) is 0 Å². The van der Waals surface area contributed by atoms with Crippen LogP contribution in [0.1, 0.15) is 40.8 Å². The zero-order chi connectivity index (χ0) is 17.3. The van der Waals surface area contributed by atoms with E-state index in [1.165, 1.54) is 0 Å². The van der Waals surface area contributed by atoms with Crippen LogP contribution in [0.25, 0.3) is 0 Å². The second-order valence-electron chi connectivity index (χ2n) is 6.84. The molecule has 1 amide bonds. The summed E-state index contributed by atoms with van der Waals surface area (Å²) in [5.41, 5.74) is 9.68. The first-order valence-electron chi connectivity index (χ1n) is 8.59. The van der Waals surface area contributed by atoms with Gasteiger partial charge in [0.25, 0.3) is 5.91 Å². The van der Waals surface area contributed by atoms with Crippen molar-refractivity contribution in [3.05, 3.63) is 53.1 Å². The highest BCUT2D eigenvalue weighted by Gasteiger charge is 2.33. The Balaban J connectivity index is 1.85. The van der Waals surface area contributed by atoms with Gasteiger partial charge in [0.15, 0.2) is 0 Å². The van der Waals surface area contributed by atoms with Gasteiger partial charge in [-0.05, 0) is 57.9 Å². The molecule has 2 aromatic heterocycles. The minimum atomic E-state index is 0.124. The van der Waals surface area contributed by atoms with Crippen LogP contribution in [0.4, 0.5) is 0 Å². The highest BCUT2D eigenvalue weighted by Crippen LogP contribution is 2.26. The van der Waals surface area contributed by atoms with Crippen LogP contribution in [-0.2, 0) is 6.54 Å². The summed E-state index contributed by atoms with van der Waals surface area (Å²) in [5.74, 6) is 0.541. The molecule has 0 aliphatic carbocycles. The molecule has 5 nitrogen and oxygen atoms in total. The third-order valence-electron chi connectivity index (χ3n) is 5.11. The average Bonchev–Trinajstić information content (AvgIpc) is 3.10. The molecule has 0 radical (unpaired) electrons. The van der Waals surface area contributed by atoms with Gasteiger partial charge in [-0.1, -0.05) is 6.07 Å². The average molecular weight is 326 g/mol. The van der Waals surface area contributed by atoms with E-state index in [-0.39, 0.29) is 11.9 Å². The number of carbonyl (C=O) groups is 1. The van der Waals surface area contributed by atoms with E-state index in [9.17, 15) is 4.79 Å². The number of nitrogens with two attached hydrogens (primary N) is 1. The quantitative estimate of drug-likeness (QED) is 0.938. The van der Waals surface area contributed by atoms with Crippen LogP contribution in [0.5, 0.6) is 0 Å². The Labute approximate surface area is 143 Å². The predicted molar refractivity (Wildman–Crippen MR) is 94.9 cm³/mol. The number of amides is 1. The Morgan fingerprint density at radius 2 is 2.17 bits per heavy atom. The second-order valence-corrected chi connectivity index (χ2v) is 6.84. The molecule has 0 spiro atoms. The molecular formula is C19H26N4O. The van der Waals surface area contributed by atoms with Gasteiger partial charge in [-0.15, -0.1) is 0 Å². The molecule has 0 bridgehead atoms. The lowest BCUT2D eigenvalue weighted by molar-refractivity contribution is 0.0742. The van der Waals surface area contributed by atoms with E-state index in [1.807, 2.05) is 43.0 Å². The molecule has 2 unspecified atom stereocenters. The van der Waals surface area contributed by atoms with Gasteiger partial charge in [0, 0.05) is 30.2 Å². The van der Waals surface area contributed by atoms with Crippen LogP contribution in [0.2, 0.25) is 0 Å². The number of hydrogen-bond acceptors (Lipinski definition) is 3. The van der Waals surface area contributed by atoms with Crippen LogP contribution >= 0.6 is 0 Å². The minimum Gasteiger partial charge on any atom is -0.342 e. The molecule has 2 atom stereocenters. The smallest absolute Gasteiger partial charge is 0.255 e. The van der Waals surface area contributed by atoms with Gasteiger partial charge < -0.3 is 15.2 Å². The molecule has 5 heteroatoms. The van der Waals surface area contributed by atoms with E-state index in [0.717, 1.165) is 35.6 Å². The van der Waals surface area contributed by atoms with E-state index in [4.69, 9.17) is 5.73 Å². The van der Waals surface area contributed by atoms with Crippen molar-refractivity contribution >= 4 is 5.91 Å². The number of aromatic nitrogens is 2. The van der Waals surface area contributed by atoms with Crippen molar-refractivity contribution in [1.29, 1.82) is 0 Å². The summed E-state index contributed by atoms with van der Waals surface area (Å²) in [7, 11) is 0. The molecular weight excluding hydrogens is 300 g/mol. The summed E-state index contributed by atoms with van der Waals surface area (Å²) >= 11 is 0. The van der Waals surface area contributed by atoms with Gasteiger partial charge in [-0.25, -0.2) is 0 Å². The molecule has 2 aromatic rings. The van der Waals surface area contributed by atoms with Crippen molar-refractivity contribution in [2.24, 2.45) is 11.7 Å². The Morgan fingerprint density at radius 3 is 2.79 bits per heavy atom. The highest BCUT2D eigenvalue weighted by atomic mass is 16.2. The standard InChI is InChI=1S/C19H26N4O/c1-13-8-16(10-20)11-23(13)19(24)18-9-14(2)22(15(18)3)12-17-6-4-5-7-21-17/h4-7,9,13,16H,8,10-12,20H2,1-3H3. The lowest BCUT2D eigenvalue weighted by atomic mass is 10.1. The van der Waals surface area contributed by atoms with Crippen LogP contribution in [0, 0.1) is 19.8 Å².